The first-order chi connectivity index (χ1) is 10.6. The van der Waals surface area contributed by atoms with Crippen molar-refractivity contribution in [2.24, 2.45) is 0 Å². The fourth-order valence-corrected chi connectivity index (χ4v) is 2.04. The summed E-state index contributed by atoms with van der Waals surface area (Å²) in [6.07, 6.45) is 8.22. The number of rotatable bonds is 14. The van der Waals surface area contributed by atoms with Crippen molar-refractivity contribution < 1.29 is 19.8 Å². The smallest absolute Gasteiger partial charge is 0.304 e. The fourth-order valence-electron chi connectivity index (χ4n) is 2.04. The van der Waals surface area contributed by atoms with Crippen LogP contribution in [0.25, 0.3) is 0 Å². The van der Waals surface area contributed by atoms with Gasteiger partial charge in [-0.1, -0.05) is 12.2 Å². The second-order valence-electron chi connectivity index (χ2n) is 5.23. The predicted molar refractivity (Wildman–Crippen MR) is 86.7 cm³/mol. The van der Waals surface area contributed by atoms with E-state index in [1.54, 1.807) is 0 Å². The minimum Gasteiger partial charge on any atom is -0.481 e. The molecule has 0 aliphatic heterocycles. The van der Waals surface area contributed by atoms with E-state index in [0.717, 1.165) is 19.3 Å². The zero-order chi connectivity index (χ0) is 16.6. The molecule has 0 fully saturated rings. The van der Waals surface area contributed by atoms with Crippen LogP contribution in [0.4, 0.5) is 0 Å². The molecule has 0 saturated heterocycles. The monoisotopic (exact) mass is 314 g/mol. The number of carboxylic acids is 1. The molecule has 6 nitrogen and oxygen atoms in total. The third-order valence-electron chi connectivity index (χ3n) is 3.28. The minimum atomic E-state index is -0.834. The van der Waals surface area contributed by atoms with Crippen molar-refractivity contribution in [2.75, 3.05) is 32.8 Å². The topological polar surface area (TPSA) is 89.9 Å². The second kappa shape index (κ2) is 14.5. The summed E-state index contributed by atoms with van der Waals surface area (Å²) in [5.74, 6) is -0.792. The Morgan fingerprint density at radius 2 is 1.86 bits per heavy atom. The Balaban J connectivity index is 3.79. The van der Waals surface area contributed by atoms with Gasteiger partial charge in [0, 0.05) is 39.2 Å². The van der Waals surface area contributed by atoms with Crippen LogP contribution in [0.3, 0.4) is 0 Å². The van der Waals surface area contributed by atoms with Crippen molar-refractivity contribution in [3.05, 3.63) is 12.2 Å². The van der Waals surface area contributed by atoms with Gasteiger partial charge in [-0.05, 0) is 32.6 Å². The normalized spacial score (nSPS) is 11.2. The Morgan fingerprint density at radius 3 is 2.50 bits per heavy atom. The van der Waals surface area contributed by atoms with Crippen LogP contribution < -0.4 is 5.32 Å². The van der Waals surface area contributed by atoms with Crippen molar-refractivity contribution in [3.8, 4) is 0 Å². The molecule has 0 rings (SSSR count). The Labute approximate surface area is 133 Å². The van der Waals surface area contributed by atoms with Gasteiger partial charge in [0.25, 0.3) is 0 Å². The SMILES string of the molecule is C/C=C/CCCCC(=O)NCCN(CCCO)CCC(=O)O. The van der Waals surface area contributed by atoms with Crippen LogP contribution in [0.5, 0.6) is 0 Å². The molecule has 0 bridgehead atoms. The largest absolute Gasteiger partial charge is 0.481 e. The Morgan fingerprint density at radius 1 is 1.09 bits per heavy atom. The highest BCUT2D eigenvalue weighted by Crippen LogP contribution is 2.00. The molecule has 0 heterocycles. The molecule has 6 heteroatoms. The maximum Gasteiger partial charge on any atom is 0.304 e. The zero-order valence-electron chi connectivity index (χ0n) is 13.6. The van der Waals surface area contributed by atoms with E-state index in [0.29, 0.717) is 39.0 Å². The van der Waals surface area contributed by atoms with Gasteiger partial charge in [0.15, 0.2) is 0 Å². The standard InChI is InChI=1S/C16H30N2O4/c1-2-3-4-5-6-8-15(20)17-10-13-18(11-7-14-19)12-9-16(21)22/h2-3,19H,4-14H2,1H3,(H,17,20)(H,21,22)/b3-2+. The van der Waals surface area contributed by atoms with Gasteiger partial charge in [-0.25, -0.2) is 0 Å². The van der Waals surface area contributed by atoms with Crippen molar-refractivity contribution in [1.82, 2.24) is 10.2 Å². The van der Waals surface area contributed by atoms with E-state index in [1.165, 1.54) is 0 Å². The predicted octanol–water partition coefficient (Wildman–Crippen LogP) is 1.40. The van der Waals surface area contributed by atoms with Crippen molar-refractivity contribution in [1.29, 1.82) is 0 Å². The molecule has 0 aromatic carbocycles. The van der Waals surface area contributed by atoms with Gasteiger partial charge in [0.2, 0.25) is 5.91 Å². The first-order valence-electron chi connectivity index (χ1n) is 8.03. The highest BCUT2D eigenvalue weighted by Gasteiger charge is 2.08. The van der Waals surface area contributed by atoms with Crippen LogP contribution in [0.2, 0.25) is 0 Å². The molecule has 0 radical (unpaired) electrons. The lowest BCUT2D eigenvalue weighted by Crippen LogP contribution is -2.36. The molecule has 128 valence electrons. The summed E-state index contributed by atoms with van der Waals surface area (Å²) < 4.78 is 0. The van der Waals surface area contributed by atoms with Gasteiger partial charge in [-0.15, -0.1) is 0 Å². The number of carboxylic acid groups (broad SMARTS) is 1. The van der Waals surface area contributed by atoms with Crippen LogP contribution in [-0.4, -0.2) is 59.8 Å². The Bertz CT molecular complexity index is 332. The second-order valence-corrected chi connectivity index (χ2v) is 5.23. The van der Waals surface area contributed by atoms with Crippen LogP contribution in [-0.2, 0) is 9.59 Å². The lowest BCUT2D eigenvalue weighted by atomic mass is 10.2. The molecule has 0 aromatic heterocycles. The molecular weight excluding hydrogens is 284 g/mol. The molecule has 0 unspecified atom stereocenters. The minimum absolute atomic E-state index is 0.0424. The van der Waals surface area contributed by atoms with E-state index in [9.17, 15) is 9.59 Å². The molecule has 1 amide bonds. The molecule has 0 atom stereocenters. The van der Waals surface area contributed by atoms with E-state index >= 15 is 0 Å². The Hall–Kier alpha value is -1.40. The summed E-state index contributed by atoms with van der Waals surface area (Å²) >= 11 is 0. The summed E-state index contributed by atoms with van der Waals surface area (Å²) in [5.41, 5.74) is 0. The summed E-state index contributed by atoms with van der Waals surface area (Å²) in [7, 11) is 0. The number of amides is 1. The lowest BCUT2D eigenvalue weighted by Gasteiger charge is -2.21. The average Bonchev–Trinajstić information content (AvgIpc) is 2.49. The van der Waals surface area contributed by atoms with Gasteiger partial charge < -0.3 is 20.4 Å². The van der Waals surface area contributed by atoms with Gasteiger partial charge in [-0.2, -0.15) is 0 Å². The van der Waals surface area contributed by atoms with Crippen LogP contribution in [0.1, 0.15) is 45.4 Å². The summed E-state index contributed by atoms with van der Waals surface area (Å²) in [6, 6.07) is 0. The van der Waals surface area contributed by atoms with Crippen LogP contribution in [0.15, 0.2) is 12.2 Å². The molecule has 0 aliphatic carbocycles. The molecule has 0 saturated carbocycles. The highest BCUT2D eigenvalue weighted by atomic mass is 16.4. The number of aliphatic hydroxyl groups is 1. The number of aliphatic carboxylic acids is 1. The van der Waals surface area contributed by atoms with Gasteiger partial charge in [0.05, 0.1) is 6.42 Å². The number of hydrogen-bond donors (Lipinski definition) is 3. The average molecular weight is 314 g/mol. The van der Waals surface area contributed by atoms with E-state index in [1.807, 2.05) is 17.9 Å². The lowest BCUT2D eigenvalue weighted by molar-refractivity contribution is -0.137. The number of nitrogens with zero attached hydrogens (tertiary/aromatic N) is 1. The van der Waals surface area contributed by atoms with E-state index in [2.05, 4.69) is 11.4 Å². The number of nitrogens with one attached hydrogen (secondary N) is 1. The van der Waals surface area contributed by atoms with E-state index in [-0.39, 0.29) is 18.9 Å². The summed E-state index contributed by atoms with van der Waals surface area (Å²) in [5, 5.41) is 20.4. The fraction of sp³-hybridized carbons (Fsp3) is 0.750. The molecule has 3 N–H and O–H groups in total. The molecule has 0 spiro atoms. The summed E-state index contributed by atoms with van der Waals surface area (Å²) in [4.78, 5) is 24.2. The quantitative estimate of drug-likeness (QED) is 0.333. The number of allylic oxidation sites excluding steroid dienone is 2. The van der Waals surface area contributed by atoms with E-state index < -0.39 is 5.97 Å². The molecule has 0 aliphatic rings. The van der Waals surface area contributed by atoms with Gasteiger partial charge in [-0.3, -0.25) is 9.59 Å². The van der Waals surface area contributed by atoms with E-state index in [4.69, 9.17) is 10.2 Å². The van der Waals surface area contributed by atoms with Gasteiger partial charge >= 0.3 is 5.97 Å². The number of aliphatic hydroxyl groups excluding tert-OH is 1. The Kier molecular flexibility index (Phi) is 13.6. The van der Waals surface area contributed by atoms with Gasteiger partial charge in [0.1, 0.15) is 0 Å². The molecular formula is C16H30N2O4. The third kappa shape index (κ3) is 13.6. The maximum absolute atomic E-state index is 11.7. The van der Waals surface area contributed by atoms with Crippen molar-refractivity contribution in [3.63, 3.8) is 0 Å². The first-order valence-corrected chi connectivity index (χ1v) is 8.03. The number of carbonyl (C=O) groups excluding carboxylic acids is 1. The number of unbranched alkanes of at least 4 members (excludes halogenated alkanes) is 2. The highest BCUT2D eigenvalue weighted by molar-refractivity contribution is 5.75. The molecule has 22 heavy (non-hydrogen) atoms. The van der Waals surface area contributed by atoms with Crippen molar-refractivity contribution >= 4 is 11.9 Å². The number of hydrogen-bond acceptors (Lipinski definition) is 4. The zero-order valence-corrected chi connectivity index (χ0v) is 13.6. The first kappa shape index (κ1) is 20.6. The van der Waals surface area contributed by atoms with Crippen molar-refractivity contribution in [2.45, 2.75) is 45.4 Å². The van der Waals surface area contributed by atoms with Crippen LogP contribution >= 0.6 is 0 Å². The third-order valence-corrected chi connectivity index (χ3v) is 3.28. The maximum atomic E-state index is 11.7. The summed E-state index contributed by atoms with van der Waals surface area (Å²) in [6.45, 7) is 4.27. The molecule has 0 aromatic rings. The van der Waals surface area contributed by atoms with Crippen LogP contribution in [0, 0.1) is 0 Å². The number of carbonyl (C=O) groups is 2.